The second-order valence-electron chi connectivity index (χ2n) is 6.66. The van der Waals surface area contributed by atoms with Crippen molar-refractivity contribution in [3.05, 3.63) is 11.6 Å². The summed E-state index contributed by atoms with van der Waals surface area (Å²) in [7, 11) is -3.26. The van der Waals surface area contributed by atoms with Crippen molar-refractivity contribution in [3.8, 4) is 0 Å². The molecule has 2 aliphatic heterocycles. The van der Waals surface area contributed by atoms with E-state index in [1.54, 1.807) is 4.31 Å². The zero-order chi connectivity index (χ0) is 16.0. The average molecular weight is 330 g/mol. The molecule has 22 heavy (non-hydrogen) atoms. The highest BCUT2D eigenvalue weighted by atomic mass is 32.2. The van der Waals surface area contributed by atoms with E-state index in [1.165, 1.54) is 5.57 Å². The van der Waals surface area contributed by atoms with Crippen LogP contribution in [0.25, 0.3) is 0 Å². The van der Waals surface area contributed by atoms with Crippen LogP contribution in [0.15, 0.2) is 11.6 Å². The second-order valence-corrected chi connectivity index (χ2v) is 8.42. The van der Waals surface area contributed by atoms with E-state index in [0.717, 1.165) is 51.7 Å². The fourth-order valence-electron chi connectivity index (χ4n) is 3.47. The summed E-state index contributed by atoms with van der Waals surface area (Å²) in [5, 5.41) is 0. The highest BCUT2D eigenvalue weighted by molar-refractivity contribution is 7.87. The number of hydrogen-bond acceptors (Lipinski definition) is 3. The van der Waals surface area contributed by atoms with E-state index in [1.807, 2.05) is 0 Å². The van der Waals surface area contributed by atoms with Crippen LogP contribution >= 0.6 is 0 Å². The van der Waals surface area contributed by atoms with Crippen LogP contribution in [0, 0.1) is 5.92 Å². The molecule has 2 saturated heterocycles. The first-order valence-electron chi connectivity index (χ1n) is 8.64. The Morgan fingerprint density at radius 3 is 2.64 bits per heavy atom. The van der Waals surface area contributed by atoms with Gasteiger partial charge < -0.3 is 0 Å². The lowest BCUT2D eigenvalue weighted by Gasteiger charge is -2.33. The Labute approximate surface area is 135 Å². The monoisotopic (exact) mass is 329 g/mol. The Bertz CT molecular complexity index is 470. The summed E-state index contributed by atoms with van der Waals surface area (Å²) in [6.45, 7) is 9.41. The van der Waals surface area contributed by atoms with E-state index in [9.17, 15) is 8.42 Å². The molecule has 2 aliphatic rings. The van der Waals surface area contributed by atoms with Gasteiger partial charge in [0.2, 0.25) is 0 Å². The predicted molar refractivity (Wildman–Crippen MR) is 90.9 cm³/mol. The predicted octanol–water partition coefficient (Wildman–Crippen LogP) is 1.98. The van der Waals surface area contributed by atoms with Crippen molar-refractivity contribution in [2.24, 2.45) is 5.92 Å². The first-order chi connectivity index (χ1) is 10.5. The smallest absolute Gasteiger partial charge is 0.279 e. The van der Waals surface area contributed by atoms with Gasteiger partial charge in [0.25, 0.3) is 10.2 Å². The topological polar surface area (TPSA) is 52.7 Å². The van der Waals surface area contributed by atoms with E-state index in [0.29, 0.717) is 25.6 Å². The Morgan fingerprint density at radius 2 is 1.95 bits per heavy atom. The molecule has 0 aromatic carbocycles. The number of likely N-dealkylation sites (tertiary alicyclic amines) is 1. The maximum absolute atomic E-state index is 12.2. The molecule has 2 heterocycles. The maximum atomic E-state index is 12.2. The summed E-state index contributed by atoms with van der Waals surface area (Å²) < 4.78 is 28.8. The van der Waals surface area contributed by atoms with Gasteiger partial charge in [0.1, 0.15) is 0 Å². The highest BCUT2D eigenvalue weighted by Gasteiger charge is 2.27. The lowest BCUT2D eigenvalue weighted by atomic mass is 9.98. The molecule has 128 valence electrons. The minimum absolute atomic E-state index is 0.431. The minimum atomic E-state index is -3.26. The van der Waals surface area contributed by atoms with Gasteiger partial charge in [-0.05, 0) is 51.5 Å². The van der Waals surface area contributed by atoms with Gasteiger partial charge in [-0.25, -0.2) is 4.72 Å². The standard InChI is InChI=1S/C16H31N3O2S/c1-3-7-15(2)13-18-9-6-8-16(14-18)12-17-22(20,21)19-10-4-5-11-19/h7,16-17H,3-6,8-14H2,1-2H3. The fourth-order valence-corrected chi connectivity index (χ4v) is 4.84. The van der Waals surface area contributed by atoms with Crippen molar-refractivity contribution < 1.29 is 8.42 Å². The first-order valence-corrected chi connectivity index (χ1v) is 10.1. The molecule has 2 rings (SSSR count). The molecule has 0 aromatic rings. The molecule has 0 spiro atoms. The molecular weight excluding hydrogens is 298 g/mol. The van der Waals surface area contributed by atoms with Crippen molar-refractivity contribution in [1.82, 2.24) is 13.9 Å². The van der Waals surface area contributed by atoms with Crippen LogP contribution in [0.4, 0.5) is 0 Å². The maximum Gasteiger partial charge on any atom is 0.279 e. The normalized spacial score (nSPS) is 25.7. The number of rotatable bonds is 7. The summed E-state index contributed by atoms with van der Waals surface area (Å²) in [6.07, 6.45) is 7.62. The van der Waals surface area contributed by atoms with Crippen LogP contribution in [0.1, 0.15) is 46.0 Å². The Hall–Kier alpha value is -0.430. The molecule has 0 aliphatic carbocycles. The molecule has 5 nitrogen and oxygen atoms in total. The number of piperidine rings is 1. The SMILES string of the molecule is CCC=C(C)CN1CCCC(CNS(=O)(=O)N2CCCC2)C1. The Morgan fingerprint density at radius 1 is 1.23 bits per heavy atom. The molecule has 0 aromatic heterocycles. The molecule has 6 heteroatoms. The summed E-state index contributed by atoms with van der Waals surface area (Å²) in [4.78, 5) is 2.46. The van der Waals surface area contributed by atoms with Crippen molar-refractivity contribution in [3.63, 3.8) is 0 Å². The third-order valence-electron chi connectivity index (χ3n) is 4.59. The second kappa shape index (κ2) is 8.43. The molecule has 0 saturated carbocycles. The zero-order valence-corrected chi connectivity index (χ0v) is 14.9. The van der Waals surface area contributed by atoms with E-state index in [2.05, 4.69) is 29.5 Å². The van der Waals surface area contributed by atoms with Crippen LogP contribution in [-0.4, -0.2) is 56.9 Å². The van der Waals surface area contributed by atoms with E-state index in [-0.39, 0.29) is 0 Å². The van der Waals surface area contributed by atoms with Gasteiger partial charge >= 0.3 is 0 Å². The van der Waals surface area contributed by atoms with Crippen LogP contribution in [-0.2, 0) is 10.2 Å². The molecule has 1 atom stereocenters. The van der Waals surface area contributed by atoms with Gasteiger partial charge in [-0.3, -0.25) is 4.90 Å². The van der Waals surface area contributed by atoms with E-state index < -0.39 is 10.2 Å². The van der Waals surface area contributed by atoms with Gasteiger partial charge in [0.15, 0.2) is 0 Å². The molecule has 0 bridgehead atoms. The molecule has 1 unspecified atom stereocenters. The van der Waals surface area contributed by atoms with Gasteiger partial charge in [0.05, 0.1) is 0 Å². The molecular formula is C16H31N3O2S. The van der Waals surface area contributed by atoms with Gasteiger partial charge in [-0.2, -0.15) is 12.7 Å². The van der Waals surface area contributed by atoms with E-state index >= 15 is 0 Å². The van der Waals surface area contributed by atoms with Crippen LogP contribution in [0.2, 0.25) is 0 Å². The third kappa shape index (κ3) is 5.33. The number of allylic oxidation sites excluding steroid dienone is 1. The Kier molecular flexibility index (Phi) is 6.87. The number of nitrogens with one attached hydrogen (secondary N) is 1. The third-order valence-corrected chi connectivity index (χ3v) is 6.16. The molecule has 0 amide bonds. The number of nitrogens with zero attached hydrogens (tertiary/aromatic N) is 2. The average Bonchev–Trinajstić information content (AvgIpc) is 3.01. The largest absolute Gasteiger partial charge is 0.299 e. The summed E-state index contributed by atoms with van der Waals surface area (Å²) in [6, 6.07) is 0. The minimum Gasteiger partial charge on any atom is -0.299 e. The molecule has 2 fully saturated rings. The Balaban J connectivity index is 1.79. The lowest BCUT2D eigenvalue weighted by Crippen LogP contribution is -2.45. The molecule has 0 radical (unpaired) electrons. The van der Waals surface area contributed by atoms with Crippen molar-refractivity contribution in [2.45, 2.75) is 46.0 Å². The van der Waals surface area contributed by atoms with Gasteiger partial charge in [-0.15, -0.1) is 0 Å². The lowest BCUT2D eigenvalue weighted by molar-refractivity contribution is 0.188. The van der Waals surface area contributed by atoms with E-state index in [4.69, 9.17) is 0 Å². The van der Waals surface area contributed by atoms with Gasteiger partial charge in [0, 0.05) is 32.7 Å². The zero-order valence-electron chi connectivity index (χ0n) is 14.1. The van der Waals surface area contributed by atoms with Crippen molar-refractivity contribution >= 4 is 10.2 Å². The number of hydrogen-bond donors (Lipinski definition) is 1. The first kappa shape index (κ1) is 17.9. The summed E-state index contributed by atoms with van der Waals surface area (Å²) in [5.41, 5.74) is 1.42. The van der Waals surface area contributed by atoms with Crippen LogP contribution < -0.4 is 4.72 Å². The molecule has 1 N–H and O–H groups in total. The summed E-state index contributed by atoms with van der Waals surface area (Å²) >= 11 is 0. The highest BCUT2D eigenvalue weighted by Crippen LogP contribution is 2.18. The van der Waals surface area contributed by atoms with Crippen molar-refractivity contribution in [1.29, 1.82) is 0 Å². The van der Waals surface area contributed by atoms with Crippen LogP contribution in [0.3, 0.4) is 0 Å². The quantitative estimate of drug-likeness (QED) is 0.727. The summed E-state index contributed by atoms with van der Waals surface area (Å²) in [5.74, 6) is 0.431. The van der Waals surface area contributed by atoms with Crippen LogP contribution in [0.5, 0.6) is 0 Å². The fraction of sp³-hybridized carbons (Fsp3) is 0.875. The van der Waals surface area contributed by atoms with Gasteiger partial charge in [-0.1, -0.05) is 18.6 Å². The van der Waals surface area contributed by atoms with Crippen molar-refractivity contribution in [2.75, 3.05) is 39.3 Å².